The predicted octanol–water partition coefficient (Wildman–Crippen LogP) is 3.69. The lowest BCUT2D eigenvalue weighted by Crippen LogP contribution is -2.52. The maximum atomic E-state index is 5.81. The van der Waals surface area contributed by atoms with Gasteiger partial charge in [-0.1, -0.05) is 13.8 Å². The largest absolute Gasteiger partial charge is 0.127 e. The number of halogens is 1. The third-order valence-corrected chi connectivity index (χ3v) is 4.70. The number of alkyl halides is 1. The van der Waals surface area contributed by atoms with Gasteiger partial charge in [-0.25, -0.2) is 0 Å². The lowest BCUT2D eigenvalue weighted by Gasteiger charge is -2.60. The molecule has 0 aromatic rings. The number of hydrogen-bond acceptors (Lipinski definition) is 0. The molecule has 0 nitrogen and oxygen atoms in total. The van der Waals surface area contributed by atoms with E-state index in [1.54, 1.807) is 0 Å². The highest BCUT2D eigenvalue weighted by atomic mass is 35.5. The molecule has 3 rings (SSSR count). The lowest BCUT2D eigenvalue weighted by atomic mass is 9.45. The Labute approximate surface area is 80.7 Å². The summed E-state index contributed by atoms with van der Waals surface area (Å²) < 4.78 is 0. The van der Waals surface area contributed by atoms with Gasteiger partial charge in [-0.3, -0.25) is 0 Å². The quantitative estimate of drug-likeness (QED) is 0.578. The highest BCUT2D eigenvalue weighted by Crippen LogP contribution is 2.61. The number of hydrogen-bond donors (Lipinski definition) is 0. The van der Waals surface area contributed by atoms with Gasteiger partial charge in [0, 0.05) is 5.88 Å². The molecule has 3 aliphatic rings. The Morgan fingerprint density at radius 3 is 2.58 bits per heavy atom. The third-order valence-electron chi connectivity index (χ3n) is 4.48. The zero-order valence-corrected chi connectivity index (χ0v) is 8.90. The minimum atomic E-state index is 0.648. The van der Waals surface area contributed by atoms with E-state index in [2.05, 4.69) is 13.8 Å². The van der Waals surface area contributed by atoms with Crippen LogP contribution in [0.1, 0.15) is 39.5 Å². The van der Waals surface area contributed by atoms with Crippen molar-refractivity contribution in [1.82, 2.24) is 0 Å². The molecule has 2 bridgehead atoms. The van der Waals surface area contributed by atoms with E-state index in [1.807, 2.05) is 0 Å². The fourth-order valence-electron chi connectivity index (χ4n) is 3.45. The van der Waals surface area contributed by atoms with Crippen LogP contribution in [0.15, 0.2) is 0 Å². The van der Waals surface area contributed by atoms with Crippen LogP contribution >= 0.6 is 11.6 Å². The first kappa shape index (κ1) is 8.87. The molecule has 12 heavy (non-hydrogen) atoms. The van der Waals surface area contributed by atoms with Crippen molar-refractivity contribution in [3.63, 3.8) is 0 Å². The Morgan fingerprint density at radius 2 is 2.08 bits per heavy atom. The average molecular weight is 187 g/mol. The number of rotatable bonds is 2. The Morgan fingerprint density at radius 1 is 1.33 bits per heavy atom. The molecule has 0 aromatic carbocycles. The minimum absolute atomic E-state index is 0.648. The first-order chi connectivity index (χ1) is 5.66. The molecule has 3 unspecified atom stereocenters. The van der Waals surface area contributed by atoms with E-state index < -0.39 is 0 Å². The van der Waals surface area contributed by atoms with Crippen molar-refractivity contribution >= 4 is 11.6 Å². The van der Waals surface area contributed by atoms with Crippen LogP contribution < -0.4 is 0 Å². The van der Waals surface area contributed by atoms with Crippen LogP contribution in [0.5, 0.6) is 0 Å². The Balaban J connectivity index is 2.01. The van der Waals surface area contributed by atoms with Crippen molar-refractivity contribution in [2.75, 3.05) is 5.88 Å². The van der Waals surface area contributed by atoms with E-state index in [9.17, 15) is 0 Å². The molecule has 0 heterocycles. The molecule has 0 spiro atoms. The fraction of sp³-hybridized carbons (Fsp3) is 1.00. The smallest absolute Gasteiger partial charge is 0.0226 e. The third kappa shape index (κ3) is 1.11. The van der Waals surface area contributed by atoms with Gasteiger partial charge < -0.3 is 0 Å². The molecule has 3 saturated carbocycles. The second-order valence-corrected chi connectivity index (χ2v) is 5.55. The van der Waals surface area contributed by atoms with Crippen molar-refractivity contribution in [2.24, 2.45) is 23.2 Å². The highest BCUT2D eigenvalue weighted by Gasteiger charge is 2.53. The molecule has 3 atom stereocenters. The summed E-state index contributed by atoms with van der Waals surface area (Å²) in [4.78, 5) is 0. The van der Waals surface area contributed by atoms with Gasteiger partial charge in [-0.15, -0.1) is 11.6 Å². The molecule has 3 fully saturated rings. The summed E-state index contributed by atoms with van der Waals surface area (Å²) in [7, 11) is 0. The Bertz CT molecular complexity index is 170. The van der Waals surface area contributed by atoms with Crippen LogP contribution in [0.4, 0.5) is 0 Å². The normalized spacial score (nSPS) is 43.8. The summed E-state index contributed by atoms with van der Waals surface area (Å²) in [6.45, 7) is 4.90. The molecule has 0 radical (unpaired) electrons. The maximum Gasteiger partial charge on any atom is 0.0226 e. The van der Waals surface area contributed by atoms with Crippen LogP contribution in [0.3, 0.4) is 0 Å². The van der Waals surface area contributed by atoms with Crippen molar-refractivity contribution in [3.05, 3.63) is 0 Å². The number of fused-ring (bicyclic) bond motifs is 2. The van der Waals surface area contributed by atoms with E-state index in [0.29, 0.717) is 5.41 Å². The van der Waals surface area contributed by atoms with Gasteiger partial charge in [0.1, 0.15) is 0 Å². The SMILES string of the molecule is CC1(C)C2CCC(CCCl)C1C2. The summed E-state index contributed by atoms with van der Waals surface area (Å²) in [5, 5.41) is 0. The second-order valence-electron chi connectivity index (χ2n) is 5.18. The highest BCUT2D eigenvalue weighted by molar-refractivity contribution is 6.17. The molecular weight excluding hydrogens is 168 g/mol. The average Bonchev–Trinajstić information content (AvgIpc) is 2.05. The molecule has 70 valence electrons. The van der Waals surface area contributed by atoms with Crippen LogP contribution in [0.2, 0.25) is 0 Å². The molecule has 0 aliphatic heterocycles. The van der Waals surface area contributed by atoms with Crippen molar-refractivity contribution in [2.45, 2.75) is 39.5 Å². The molecule has 1 heteroatoms. The predicted molar refractivity (Wildman–Crippen MR) is 53.4 cm³/mol. The van der Waals surface area contributed by atoms with Crippen LogP contribution in [-0.4, -0.2) is 5.88 Å². The summed E-state index contributed by atoms with van der Waals surface area (Å²) in [6.07, 6.45) is 5.66. The van der Waals surface area contributed by atoms with E-state index in [4.69, 9.17) is 11.6 Å². The van der Waals surface area contributed by atoms with Crippen LogP contribution in [-0.2, 0) is 0 Å². The lowest BCUT2D eigenvalue weighted by molar-refractivity contribution is -0.105. The summed E-state index contributed by atoms with van der Waals surface area (Å²) in [6, 6.07) is 0. The van der Waals surface area contributed by atoms with E-state index in [1.165, 1.54) is 25.7 Å². The molecule has 3 aliphatic carbocycles. The summed E-state index contributed by atoms with van der Waals surface area (Å²) in [5.74, 6) is 3.84. The molecule has 0 aromatic heterocycles. The molecule has 0 amide bonds. The van der Waals surface area contributed by atoms with E-state index in [0.717, 1.165) is 23.6 Å². The standard InChI is InChI=1S/C11H19Cl/c1-11(2)9-4-3-8(5-6-12)10(11)7-9/h8-10H,3-7H2,1-2H3. The summed E-state index contributed by atoms with van der Waals surface area (Å²) in [5.41, 5.74) is 0.648. The van der Waals surface area contributed by atoms with Crippen molar-refractivity contribution in [3.8, 4) is 0 Å². The Kier molecular flexibility index (Phi) is 2.15. The molecule has 0 saturated heterocycles. The van der Waals surface area contributed by atoms with Gasteiger partial charge >= 0.3 is 0 Å². The molecule has 0 N–H and O–H groups in total. The topological polar surface area (TPSA) is 0 Å². The van der Waals surface area contributed by atoms with Gasteiger partial charge in [0.25, 0.3) is 0 Å². The van der Waals surface area contributed by atoms with Crippen LogP contribution in [0, 0.1) is 23.2 Å². The zero-order chi connectivity index (χ0) is 8.77. The summed E-state index contributed by atoms with van der Waals surface area (Å²) >= 11 is 5.81. The van der Waals surface area contributed by atoms with Crippen molar-refractivity contribution in [1.29, 1.82) is 0 Å². The zero-order valence-electron chi connectivity index (χ0n) is 8.15. The van der Waals surface area contributed by atoms with Gasteiger partial charge in [0.2, 0.25) is 0 Å². The first-order valence-electron chi connectivity index (χ1n) is 5.22. The fourth-order valence-corrected chi connectivity index (χ4v) is 3.73. The van der Waals surface area contributed by atoms with E-state index in [-0.39, 0.29) is 0 Å². The minimum Gasteiger partial charge on any atom is -0.127 e. The second kappa shape index (κ2) is 2.90. The van der Waals surface area contributed by atoms with Crippen LogP contribution in [0.25, 0.3) is 0 Å². The van der Waals surface area contributed by atoms with Gasteiger partial charge in [-0.05, 0) is 48.9 Å². The first-order valence-corrected chi connectivity index (χ1v) is 5.75. The van der Waals surface area contributed by atoms with Gasteiger partial charge in [0.15, 0.2) is 0 Å². The Hall–Kier alpha value is 0.290. The molecular formula is C11H19Cl. The monoisotopic (exact) mass is 186 g/mol. The van der Waals surface area contributed by atoms with Gasteiger partial charge in [-0.2, -0.15) is 0 Å². The van der Waals surface area contributed by atoms with Gasteiger partial charge in [0.05, 0.1) is 0 Å². The van der Waals surface area contributed by atoms with E-state index >= 15 is 0 Å². The van der Waals surface area contributed by atoms with Crippen molar-refractivity contribution < 1.29 is 0 Å². The maximum absolute atomic E-state index is 5.81.